The van der Waals surface area contributed by atoms with E-state index in [4.69, 9.17) is 9.84 Å². The molecule has 0 radical (unpaired) electrons. The molecule has 1 unspecified atom stereocenters. The number of ether oxygens (including phenoxy) is 1. The van der Waals surface area contributed by atoms with Gasteiger partial charge in [0, 0.05) is 19.8 Å². The molecule has 0 saturated heterocycles. The summed E-state index contributed by atoms with van der Waals surface area (Å²) in [5, 5.41) is 8.90. The molecule has 108 valence electrons. The number of methoxy groups -OCH3 is 1. The molecule has 1 rings (SSSR count). The Kier molecular flexibility index (Phi) is 6.44. The summed E-state index contributed by atoms with van der Waals surface area (Å²) in [6, 6.07) is 6.98. The van der Waals surface area contributed by atoms with Gasteiger partial charge in [0.15, 0.2) is 0 Å². The minimum atomic E-state index is -3.44. The van der Waals surface area contributed by atoms with Crippen molar-refractivity contribution in [2.45, 2.75) is 25.1 Å². The maximum atomic E-state index is 12.0. The van der Waals surface area contributed by atoms with Gasteiger partial charge in [-0.3, -0.25) is 0 Å². The van der Waals surface area contributed by atoms with Crippen LogP contribution in [0.25, 0.3) is 0 Å². The molecule has 5 nitrogen and oxygen atoms in total. The van der Waals surface area contributed by atoms with E-state index < -0.39 is 16.1 Å². The number of hydrogen-bond donors (Lipinski definition) is 2. The zero-order valence-electron chi connectivity index (χ0n) is 11.3. The van der Waals surface area contributed by atoms with Crippen molar-refractivity contribution >= 4 is 10.0 Å². The molecule has 19 heavy (non-hydrogen) atoms. The quantitative estimate of drug-likeness (QED) is 0.742. The van der Waals surface area contributed by atoms with Crippen LogP contribution < -0.4 is 4.72 Å². The van der Waals surface area contributed by atoms with Gasteiger partial charge in [0.25, 0.3) is 0 Å². The molecule has 0 aliphatic rings. The summed E-state index contributed by atoms with van der Waals surface area (Å²) in [6.45, 7) is 2.08. The Hall–Kier alpha value is -0.950. The minimum absolute atomic E-state index is 0.0691. The zero-order valence-corrected chi connectivity index (χ0v) is 12.1. The topological polar surface area (TPSA) is 75.6 Å². The summed E-state index contributed by atoms with van der Waals surface area (Å²) in [7, 11) is -1.94. The fourth-order valence-electron chi connectivity index (χ4n) is 1.85. The molecule has 1 atom stereocenters. The van der Waals surface area contributed by atoms with E-state index in [2.05, 4.69) is 4.72 Å². The van der Waals surface area contributed by atoms with E-state index in [1.54, 1.807) is 6.07 Å². The largest absolute Gasteiger partial charge is 0.396 e. The number of aryl methyl sites for hydroxylation is 1. The predicted octanol–water partition coefficient (Wildman–Crippen LogP) is 0.812. The molecule has 0 aromatic heterocycles. The third-order valence-corrected chi connectivity index (χ3v) is 4.04. The number of nitrogens with one attached hydrogen (secondary N) is 1. The highest BCUT2D eigenvalue weighted by Gasteiger charge is 2.18. The van der Waals surface area contributed by atoms with Crippen LogP contribution in [-0.2, 0) is 20.5 Å². The van der Waals surface area contributed by atoms with Crippen LogP contribution in [0, 0.1) is 6.92 Å². The maximum Gasteiger partial charge on any atom is 0.216 e. The van der Waals surface area contributed by atoms with Gasteiger partial charge < -0.3 is 9.84 Å². The van der Waals surface area contributed by atoms with Crippen molar-refractivity contribution in [2.24, 2.45) is 0 Å². The second-order valence-electron chi connectivity index (χ2n) is 4.53. The summed E-state index contributed by atoms with van der Waals surface area (Å²) >= 11 is 0. The van der Waals surface area contributed by atoms with Gasteiger partial charge in [-0.15, -0.1) is 0 Å². The summed E-state index contributed by atoms with van der Waals surface area (Å²) in [4.78, 5) is 0. The van der Waals surface area contributed by atoms with E-state index in [1.165, 1.54) is 7.11 Å². The van der Waals surface area contributed by atoms with Crippen molar-refractivity contribution in [1.29, 1.82) is 0 Å². The van der Waals surface area contributed by atoms with E-state index in [0.29, 0.717) is 6.42 Å². The van der Waals surface area contributed by atoms with Crippen LogP contribution in [0.15, 0.2) is 24.3 Å². The van der Waals surface area contributed by atoms with Crippen LogP contribution in [0.3, 0.4) is 0 Å². The van der Waals surface area contributed by atoms with Crippen molar-refractivity contribution < 1.29 is 18.3 Å². The number of aliphatic hydroxyl groups is 1. The second-order valence-corrected chi connectivity index (χ2v) is 6.28. The van der Waals surface area contributed by atoms with Gasteiger partial charge in [-0.05, 0) is 18.9 Å². The Morgan fingerprint density at radius 3 is 2.74 bits per heavy atom. The highest BCUT2D eigenvalue weighted by atomic mass is 32.2. The van der Waals surface area contributed by atoms with Crippen LogP contribution >= 0.6 is 0 Å². The van der Waals surface area contributed by atoms with Gasteiger partial charge in [-0.1, -0.05) is 29.8 Å². The first-order valence-electron chi connectivity index (χ1n) is 6.12. The second kappa shape index (κ2) is 7.59. The number of aliphatic hydroxyl groups excluding tert-OH is 1. The fourth-order valence-corrected chi connectivity index (χ4v) is 3.25. The molecule has 6 heteroatoms. The lowest BCUT2D eigenvalue weighted by atomic mass is 10.2. The lowest BCUT2D eigenvalue weighted by Gasteiger charge is -2.17. The number of sulfonamides is 1. The van der Waals surface area contributed by atoms with E-state index >= 15 is 0 Å². The van der Waals surface area contributed by atoms with Crippen molar-refractivity contribution in [3.63, 3.8) is 0 Å². The molecule has 2 N–H and O–H groups in total. The highest BCUT2D eigenvalue weighted by molar-refractivity contribution is 7.88. The predicted molar refractivity (Wildman–Crippen MR) is 74.3 cm³/mol. The summed E-state index contributed by atoms with van der Waals surface area (Å²) in [6.07, 6.45) is 0.334. The molecule has 0 bridgehead atoms. The Morgan fingerprint density at radius 2 is 2.16 bits per heavy atom. The summed E-state index contributed by atoms with van der Waals surface area (Å²) in [5.74, 6) is -0.0691. The Morgan fingerprint density at radius 1 is 1.42 bits per heavy atom. The van der Waals surface area contributed by atoms with Gasteiger partial charge in [-0.25, -0.2) is 13.1 Å². The third-order valence-electron chi connectivity index (χ3n) is 2.63. The van der Waals surface area contributed by atoms with Crippen LogP contribution in [0.5, 0.6) is 0 Å². The average Bonchev–Trinajstić information content (AvgIpc) is 2.28. The van der Waals surface area contributed by atoms with E-state index in [1.807, 2.05) is 25.1 Å². The monoisotopic (exact) mass is 287 g/mol. The number of hydrogen-bond acceptors (Lipinski definition) is 4. The Labute approximate surface area is 114 Å². The molecule has 1 aromatic rings. The van der Waals surface area contributed by atoms with Gasteiger partial charge in [0.1, 0.15) is 0 Å². The highest BCUT2D eigenvalue weighted by Crippen LogP contribution is 2.08. The fraction of sp³-hybridized carbons (Fsp3) is 0.538. The smallest absolute Gasteiger partial charge is 0.216 e. The lowest BCUT2D eigenvalue weighted by Crippen LogP contribution is -2.39. The average molecular weight is 287 g/mol. The molecule has 0 amide bonds. The molecular formula is C13H21NO4S. The molecule has 0 spiro atoms. The van der Waals surface area contributed by atoms with Gasteiger partial charge in [-0.2, -0.15) is 0 Å². The summed E-state index contributed by atoms with van der Waals surface area (Å²) in [5.41, 5.74) is 1.77. The molecule has 1 aromatic carbocycles. The SMILES string of the molecule is COCC(CCO)NS(=O)(=O)Cc1cccc(C)c1. The lowest BCUT2D eigenvalue weighted by molar-refractivity contribution is 0.158. The van der Waals surface area contributed by atoms with Crippen molar-refractivity contribution in [1.82, 2.24) is 4.72 Å². The number of benzene rings is 1. The molecule has 0 fully saturated rings. The van der Waals surface area contributed by atoms with E-state index in [-0.39, 0.29) is 19.0 Å². The van der Waals surface area contributed by atoms with E-state index in [0.717, 1.165) is 11.1 Å². The Bertz CT molecular complexity index is 481. The standard InChI is InChI=1S/C13H21NO4S/c1-11-4-3-5-12(8-11)10-19(16,17)14-13(6-7-15)9-18-2/h3-5,8,13-15H,6-7,9-10H2,1-2H3. The van der Waals surface area contributed by atoms with Crippen LogP contribution in [0.1, 0.15) is 17.5 Å². The minimum Gasteiger partial charge on any atom is -0.396 e. The number of rotatable bonds is 8. The van der Waals surface area contributed by atoms with Crippen LogP contribution in [0.4, 0.5) is 0 Å². The van der Waals surface area contributed by atoms with Gasteiger partial charge >= 0.3 is 0 Å². The van der Waals surface area contributed by atoms with Gasteiger partial charge in [0.2, 0.25) is 10.0 Å². The van der Waals surface area contributed by atoms with Gasteiger partial charge in [0.05, 0.1) is 12.4 Å². The third kappa shape index (κ3) is 6.15. The van der Waals surface area contributed by atoms with E-state index in [9.17, 15) is 8.42 Å². The molecule has 0 saturated carbocycles. The molecule has 0 heterocycles. The molecule has 0 aliphatic carbocycles. The van der Waals surface area contributed by atoms with Crippen LogP contribution in [0.2, 0.25) is 0 Å². The van der Waals surface area contributed by atoms with Crippen molar-refractivity contribution in [3.05, 3.63) is 35.4 Å². The normalized spacial score (nSPS) is 13.4. The van der Waals surface area contributed by atoms with Crippen LogP contribution in [-0.4, -0.2) is 39.9 Å². The van der Waals surface area contributed by atoms with Crippen molar-refractivity contribution in [3.8, 4) is 0 Å². The molecule has 0 aliphatic heterocycles. The first kappa shape index (κ1) is 16.1. The zero-order chi connectivity index (χ0) is 14.3. The first-order chi connectivity index (χ1) is 8.96. The first-order valence-corrected chi connectivity index (χ1v) is 7.77. The summed E-state index contributed by atoms with van der Waals surface area (Å²) < 4.78 is 31.5. The van der Waals surface area contributed by atoms with Crippen molar-refractivity contribution in [2.75, 3.05) is 20.3 Å². The maximum absolute atomic E-state index is 12.0. The Balaban J connectivity index is 2.69. The molecular weight excluding hydrogens is 266 g/mol.